The highest BCUT2D eigenvalue weighted by molar-refractivity contribution is 14.2. The van der Waals surface area contributed by atoms with Crippen LogP contribution in [0.2, 0.25) is 0 Å². The van der Waals surface area contributed by atoms with E-state index in [2.05, 4.69) is 46.3 Å². The van der Waals surface area contributed by atoms with Gasteiger partial charge < -0.3 is 14.4 Å². The summed E-state index contributed by atoms with van der Waals surface area (Å²) in [4.78, 5) is 0. The number of fused-ring (bicyclic) bond motifs is 1. The second-order valence-corrected chi connectivity index (χ2v) is 7.85. The van der Waals surface area contributed by atoms with E-state index in [0.29, 0.717) is 13.1 Å². The molecule has 1 atom stereocenters. The molecule has 1 heterocycles. The zero-order valence-corrected chi connectivity index (χ0v) is 17.2. The Morgan fingerprint density at radius 1 is 1.08 bits per heavy atom. The Kier molecular flexibility index (Phi) is 5.32. The molecular formula is C21H18IO3P. The van der Waals surface area contributed by atoms with Gasteiger partial charge in [0, 0.05) is 17.2 Å². The van der Waals surface area contributed by atoms with Crippen molar-refractivity contribution in [1.82, 2.24) is 0 Å². The molecule has 0 radical (unpaired) electrons. The van der Waals surface area contributed by atoms with Gasteiger partial charge in [-0.05, 0) is 75.9 Å². The highest BCUT2D eigenvalue weighted by atomic mass is 127. The van der Waals surface area contributed by atoms with Crippen molar-refractivity contribution in [2.45, 2.75) is 12.8 Å². The molecule has 132 valence electrons. The van der Waals surface area contributed by atoms with Gasteiger partial charge in [-0.25, -0.2) is 0 Å². The van der Waals surface area contributed by atoms with Crippen LogP contribution in [0.1, 0.15) is 24.0 Å². The van der Waals surface area contributed by atoms with Crippen LogP contribution in [0.25, 0.3) is 5.57 Å². The van der Waals surface area contributed by atoms with Crippen LogP contribution in [-0.4, -0.2) is 11.7 Å². The van der Waals surface area contributed by atoms with E-state index in [0.717, 1.165) is 41.0 Å². The minimum absolute atomic E-state index is 0.270. The van der Waals surface area contributed by atoms with Crippen molar-refractivity contribution >= 4 is 34.1 Å². The maximum Gasteiger partial charge on any atom is 0.137 e. The molecule has 0 saturated carbocycles. The third kappa shape index (κ3) is 3.53. The molecule has 1 unspecified atom stereocenters. The molecule has 0 spiro atoms. The number of phenolic OH excluding ortho intramolecular Hbond substituents is 1. The van der Waals surface area contributed by atoms with E-state index in [1.807, 2.05) is 24.3 Å². The van der Waals surface area contributed by atoms with Crippen molar-refractivity contribution in [3.63, 3.8) is 0 Å². The first kappa shape index (κ1) is 17.6. The van der Waals surface area contributed by atoms with Crippen molar-refractivity contribution < 1.29 is 14.4 Å². The molecule has 2 aliphatic rings. The minimum atomic E-state index is 0.270. The van der Waals surface area contributed by atoms with E-state index in [4.69, 9.17) is 9.26 Å². The van der Waals surface area contributed by atoms with Gasteiger partial charge in [-0.2, -0.15) is 0 Å². The van der Waals surface area contributed by atoms with Gasteiger partial charge in [0.2, 0.25) is 0 Å². The number of phenols is 1. The van der Waals surface area contributed by atoms with Crippen molar-refractivity contribution in [1.29, 1.82) is 0 Å². The Hall–Kier alpha value is -1.78. The van der Waals surface area contributed by atoms with Crippen molar-refractivity contribution in [2.75, 3.05) is 6.61 Å². The summed E-state index contributed by atoms with van der Waals surface area (Å²) in [6.07, 6.45) is 8.81. The third-order valence-electron chi connectivity index (χ3n) is 4.55. The van der Waals surface area contributed by atoms with Gasteiger partial charge in [-0.3, -0.25) is 0 Å². The number of hydrogen-bond donors (Lipinski definition) is 1. The van der Waals surface area contributed by atoms with Crippen LogP contribution in [0.5, 0.6) is 17.2 Å². The summed E-state index contributed by atoms with van der Waals surface area (Å²) in [7, 11) is 0. The normalized spacial score (nSPS) is 16.4. The maximum atomic E-state index is 9.68. The van der Waals surface area contributed by atoms with E-state index in [1.165, 1.54) is 11.1 Å². The second-order valence-electron chi connectivity index (χ2n) is 6.17. The van der Waals surface area contributed by atoms with Crippen LogP contribution in [0, 0.1) is 0 Å². The summed E-state index contributed by atoms with van der Waals surface area (Å²) in [6.45, 7) is 0.892. The van der Waals surface area contributed by atoms with Crippen LogP contribution in [0.15, 0.2) is 71.8 Å². The summed E-state index contributed by atoms with van der Waals surface area (Å²) in [5, 5.41) is 9.68. The average Bonchev–Trinajstić information content (AvgIpc) is 2.69. The fourth-order valence-corrected chi connectivity index (χ4v) is 4.32. The highest BCUT2D eigenvalue weighted by Crippen LogP contribution is 2.43. The SMILES string of the molecule is Oc1ccc(C2=C(C3=CCCC=C3)COc3cc(OPI)ccc32)cc1. The molecule has 1 aliphatic heterocycles. The number of halogens is 1. The summed E-state index contributed by atoms with van der Waals surface area (Å²) in [5.41, 5.74) is 5.70. The average molecular weight is 476 g/mol. The van der Waals surface area contributed by atoms with E-state index in [1.54, 1.807) is 12.1 Å². The summed E-state index contributed by atoms with van der Waals surface area (Å²) >= 11 is 2.21. The van der Waals surface area contributed by atoms with Crippen LogP contribution < -0.4 is 9.26 Å². The number of ether oxygens (including phenoxy) is 1. The second kappa shape index (κ2) is 7.85. The smallest absolute Gasteiger partial charge is 0.137 e. The zero-order valence-electron chi connectivity index (χ0n) is 14.0. The topological polar surface area (TPSA) is 38.7 Å². The lowest BCUT2D eigenvalue weighted by Gasteiger charge is -2.26. The number of benzene rings is 2. The molecule has 0 bridgehead atoms. The fourth-order valence-electron chi connectivity index (χ4n) is 3.34. The van der Waals surface area contributed by atoms with E-state index >= 15 is 0 Å². The molecule has 2 aromatic carbocycles. The fraction of sp³-hybridized carbons (Fsp3) is 0.143. The molecule has 3 nitrogen and oxygen atoms in total. The number of allylic oxidation sites excluding steroid dienone is 3. The lowest BCUT2D eigenvalue weighted by atomic mass is 9.86. The molecule has 0 aromatic heterocycles. The van der Waals surface area contributed by atoms with Crippen LogP contribution in [-0.2, 0) is 0 Å². The Morgan fingerprint density at radius 2 is 1.92 bits per heavy atom. The molecule has 0 amide bonds. The molecule has 0 saturated heterocycles. The summed E-state index contributed by atoms with van der Waals surface area (Å²) in [5.74, 6) is 1.93. The first-order chi connectivity index (χ1) is 12.8. The Bertz CT molecular complexity index is 913. The van der Waals surface area contributed by atoms with E-state index in [9.17, 15) is 5.11 Å². The largest absolute Gasteiger partial charge is 0.508 e. The maximum absolute atomic E-state index is 9.68. The van der Waals surface area contributed by atoms with E-state index < -0.39 is 0 Å². The van der Waals surface area contributed by atoms with Crippen LogP contribution >= 0.6 is 28.5 Å². The predicted octanol–water partition coefficient (Wildman–Crippen LogP) is 6.19. The quantitative estimate of drug-likeness (QED) is 0.423. The molecular weight excluding hydrogens is 458 g/mol. The molecule has 1 N–H and O–H groups in total. The Morgan fingerprint density at radius 3 is 2.65 bits per heavy atom. The molecule has 5 heteroatoms. The number of aromatic hydroxyl groups is 1. The van der Waals surface area contributed by atoms with Crippen LogP contribution in [0.3, 0.4) is 0 Å². The van der Waals surface area contributed by atoms with Gasteiger partial charge in [-0.1, -0.05) is 30.4 Å². The Balaban J connectivity index is 1.88. The lowest BCUT2D eigenvalue weighted by Crippen LogP contribution is -2.14. The monoisotopic (exact) mass is 476 g/mol. The lowest BCUT2D eigenvalue weighted by molar-refractivity contribution is 0.347. The van der Waals surface area contributed by atoms with Crippen LogP contribution in [0.4, 0.5) is 0 Å². The van der Waals surface area contributed by atoms with Crippen molar-refractivity contribution in [3.8, 4) is 17.2 Å². The molecule has 1 aliphatic carbocycles. The van der Waals surface area contributed by atoms with Gasteiger partial charge in [0.15, 0.2) is 0 Å². The van der Waals surface area contributed by atoms with Crippen molar-refractivity contribution in [2.24, 2.45) is 0 Å². The summed E-state index contributed by atoms with van der Waals surface area (Å²) in [6, 6.07) is 13.4. The van der Waals surface area contributed by atoms with Crippen molar-refractivity contribution in [3.05, 3.63) is 83.0 Å². The Labute approximate surface area is 167 Å². The highest BCUT2D eigenvalue weighted by Gasteiger charge is 2.24. The van der Waals surface area contributed by atoms with Gasteiger partial charge >= 0.3 is 0 Å². The first-order valence-electron chi connectivity index (χ1n) is 8.45. The molecule has 26 heavy (non-hydrogen) atoms. The van der Waals surface area contributed by atoms with Gasteiger partial charge in [0.25, 0.3) is 0 Å². The number of hydrogen-bond acceptors (Lipinski definition) is 3. The van der Waals surface area contributed by atoms with E-state index in [-0.39, 0.29) is 5.75 Å². The standard InChI is InChI=1S/C21H18IO3P/c22-26-25-17-10-11-18-20(12-17)24-13-19(14-4-2-1-3-5-14)21(18)15-6-8-16(23)9-7-15/h2,4-12,23,26H,1,3,13H2. The van der Waals surface area contributed by atoms with Gasteiger partial charge in [0.05, 0.1) is 0 Å². The summed E-state index contributed by atoms with van der Waals surface area (Å²) < 4.78 is 11.7. The zero-order chi connectivity index (χ0) is 17.9. The van der Waals surface area contributed by atoms with Gasteiger partial charge in [0.1, 0.15) is 30.3 Å². The number of rotatable bonds is 4. The molecule has 4 rings (SSSR count). The van der Waals surface area contributed by atoms with Gasteiger partial charge in [-0.15, -0.1) is 0 Å². The predicted molar refractivity (Wildman–Crippen MR) is 115 cm³/mol. The minimum Gasteiger partial charge on any atom is -0.508 e. The molecule has 2 aromatic rings. The molecule has 0 fully saturated rings. The first-order valence-corrected chi connectivity index (χ1v) is 12.5. The third-order valence-corrected chi connectivity index (χ3v) is 5.53.